The van der Waals surface area contributed by atoms with Crippen molar-refractivity contribution in [2.24, 2.45) is 5.92 Å². The van der Waals surface area contributed by atoms with Crippen molar-refractivity contribution in [2.75, 3.05) is 6.54 Å². The SMILES string of the molecule is CCC(CC)N(CC(C)C)C(=O)c1ccc(F)cc1O. The number of phenols is 1. The van der Waals surface area contributed by atoms with Crippen LogP contribution in [0.15, 0.2) is 18.2 Å². The number of nitrogens with zero attached hydrogens (tertiary/aromatic N) is 1. The van der Waals surface area contributed by atoms with Gasteiger partial charge in [0, 0.05) is 18.7 Å². The molecule has 1 aromatic rings. The Kier molecular flexibility index (Phi) is 5.99. The van der Waals surface area contributed by atoms with E-state index in [4.69, 9.17) is 0 Å². The summed E-state index contributed by atoms with van der Waals surface area (Å²) in [4.78, 5) is 14.4. The molecule has 0 aliphatic heterocycles. The van der Waals surface area contributed by atoms with Gasteiger partial charge in [-0.15, -0.1) is 0 Å². The molecule has 3 nitrogen and oxygen atoms in total. The number of rotatable bonds is 6. The Morgan fingerprint density at radius 2 is 1.90 bits per heavy atom. The summed E-state index contributed by atoms with van der Waals surface area (Å²) in [5, 5.41) is 9.78. The highest BCUT2D eigenvalue weighted by atomic mass is 19.1. The molecule has 0 aromatic heterocycles. The van der Waals surface area contributed by atoms with Crippen molar-refractivity contribution >= 4 is 5.91 Å². The number of carbonyl (C=O) groups excluding carboxylic acids is 1. The van der Waals surface area contributed by atoms with Gasteiger partial charge in [0.1, 0.15) is 11.6 Å². The lowest BCUT2D eigenvalue weighted by molar-refractivity contribution is 0.0637. The van der Waals surface area contributed by atoms with E-state index >= 15 is 0 Å². The Morgan fingerprint density at radius 1 is 1.30 bits per heavy atom. The molecular weight excluding hydrogens is 257 g/mol. The molecule has 1 rings (SSSR count). The quantitative estimate of drug-likeness (QED) is 0.861. The van der Waals surface area contributed by atoms with E-state index < -0.39 is 5.82 Å². The molecule has 0 saturated heterocycles. The topological polar surface area (TPSA) is 40.5 Å². The maximum atomic E-state index is 13.0. The zero-order valence-electron chi connectivity index (χ0n) is 12.7. The first kappa shape index (κ1) is 16.5. The molecule has 0 saturated carbocycles. The van der Waals surface area contributed by atoms with Gasteiger partial charge in [-0.25, -0.2) is 4.39 Å². The summed E-state index contributed by atoms with van der Waals surface area (Å²) in [6, 6.07) is 3.67. The molecule has 0 atom stereocenters. The van der Waals surface area contributed by atoms with Gasteiger partial charge in [0.25, 0.3) is 5.91 Å². The van der Waals surface area contributed by atoms with Gasteiger partial charge in [0.2, 0.25) is 0 Å². The van der Waals surface area contributed by atoms with E-state index in [1.807, 2.05) is 27.7 Å². The molecule has 0 aliphatic rings. The fourth-order valence-corrected chi connectivity index (χ4v) is 2.36. The van der Waals surface area contributed by atoms with E-state index in [0.717, 1.165) is 18.9 Å². The van der Waals surface area contributed by atoms with Gasteiger partial charge in [-0.1, -0.05) is 27.7 Å². The van der Waals surface area contributed by atoms with E-state index in [1.165, 1.54) is 12.1 Å². The summed E-state index contributed by atoms with van der Waals surface area (Å²) in [6.07, 6.45) is 1.72. The van der Waals surface area contributed by atoms with Crippen molar-refractivity contribution in [3.05, 3.63) is 29.6 Å². The fourth-order valence-electron chi connectivity index (χ4n) is 2.36. The number of aromatic hydroxyl groups is 1. The molecule has 1 N–H and O–H groups in total. The van der Waals surface area contributed by atoms with Crippen LogP contribution in [0.3, 0.4) is 0 Å². The number of benzene rings is 1. The van der Waals surface area contributed by atoms with Crippen molar-refractivity contribution in [3.8, 4) is 5.75 Å². The molecule has 0 bridgehead atoms. The maximum absolute atomic E-state index is 13.0. The Hall–Kier alpha value is -1.58. The molecule has 0 heterocycles. The van der Waals surface area contributed by atoms with Crippen molar-refractivity contribution < 1.29 is 14.3 Å². The average molecular weight is 281 g/mol. The molecule has 112 valence electrons. The predicted molar refractivity (Wildman–Crippen MR) is 78.3 cm³/mol. The Labute approximate surface area is 120 Å². The van der Waals surface area contributed by atoms with Crippen LogP contribution >= 0.6 is 0 Å². The standard InChI is InChI=1S/C16H24FNO2/c1-5-13(6-2)18(10-11(3)4)16(20)14-8-7-12(17)9-15(14)19/h7-9,11,13,19H,5-6,10H2,1-4H3. The molecular formula is C16H24FNO2. The number of phenolic OH excluding ortho intramolecular Hbond substituents is 1. The Morgan fingerprint density at radius 3 is 2.35 bits per heavy atom. The minimum atomic E-state index is -0.544. The first-order valence-corrected chi connectivity index (χ1v) is 7.20. The van der Waals surface area contributed by atoms with Crippen LogP contribution in [0.4, 0.5) is 4.39 Å². The second-order valence-electron chi connectivity index (χ2n) is 5.48. The number of amides is 1. The summed E-state index contributed by atoms with van der Waals surface area (Å²) < 4.78 is 13.0. The molecule has 0 unspecified atom stereocenters. The van der Waals surface area contributed by atoms with E-state index in [1.54, 1.807) is 4.90 Å². The molecule has 0 aliphatic carbocycles. The van der Waals surface area contributed by atoms with Crippen LogP contribution in [0, 0.1) is 11.7 Å². The van der Waals surface area contributed by atoms with Crippen molar-refractivity contribution in [2.45, 2.75) is 46.6 Å². The van der Waals surface area contributed by atoms with Crippen LogP contribution in [-0.4, -0.2) is 28.5 Å². The monoisotopic (exact) mass is 281 g/mol. The van der Waals surface area contributed by atoms with Crippen LogP contribution in [0.2, 0.25) is 0 Å². The summed E-state index contributed by atoms with van der Waals surface area (Å²) in [6.45, 7) is 8.81. The van der Waals surface area contributed by atoms with E-state index in [-0.39, 0.29) is 23.3 Å². The van der Waals surface area contributed by atoms with Gasteiger partial charge in [-0.05, 0) is 30.9 Å². The molecule has 20 heavy (non-hydrogen) atoms. The van der Waals surface area contributed by atoms with Gasteiger partial charge in [-0.2, -0.15) is 0 Å². The lowest BCUT2D eigenvalue weighted by atomic mass is 10.0. The highest BCUT2D eigenvalue weighted by molar-refractivity contribution is 5.97. The first-order chi connectivity index (χ1) is 9.40. The van der Waals surface area contributed by atoms with Gasteiger partial charge < -0.3 is 10.0 Å². The highest BCUT2D eigenvalue weighted by Crippen LogP contribution is 2.23. The van der Waals surface area contributed by atoms with Crippen LogP contribution in [0.25, 0.3) is 0 Å². The lowest BCUT2D eigenvalue weighted by Gasteiger charge is -2.32. The molecule has 0 radical (unpaired) electrons. The lowest BCUT2D eigenvalue weighted by Crippen LogP contribution is -2.42. The predicted octanol–water partition coefficient (Wildman–Crippen LogP) is 3.82. The fraction of sp³-hybridized carbons (Fsp3) is 0.562. The van der Waals surface area contributed by atoms with Gasteiger partial charge in [0.05, 0.1) is 5.56 Å². The summed E-state index contributed by atoms with van der Waals surface area (Å²) in [7, 11) is 0. The number of halogens is 1. The summed E-state index contributed by atoms with van der Waals surface area (Å²) in [5.74, 6) is -0.737. The minimum Gasteiger partial charge on any atom is -0.507 e. The van der Waals surface area contributed by atoms with Gasteiger partial charge in [0.15, 0.2) is 0 Å². The highest BCUT2D eigenvalue weighted by Gasteiger charge is 2.25. The number of carbonyl (C=O) groups is 1. The third-order valence-electron chi connectivity index (χ3n) is 3.40. The van der Waals surface area contributed by atoms with Crippen molar-refractivity contribution in [1.29, 1.82) is 0 Å². The van der Waals surface area contributed by atoms with Crippen LogP contribution in [0.1, 0.15) is 50.9 Å². The molecule has 0 spiro atoms. The molecule has 0 fully saturated rings. The Bertz CT molecular complexity index is 456. The number of hydrogen-bond donors (Lipinski definition) is 1. The Balaban J connectivity index is 3.09. The van der Waals surface area contributed by atoms with E-state index in [9.17, 15) is 14.3 Å². The molecule has 1 amide bonds. The maximum Gasteiger partial charge on any atom is 0.257 e. The third kappa shape index (κ3) is 3.95. The smallest absolute Gasteiger partial charge is 0.257 e. The van der Waals surface area contributed by atoms with Gasteiger partial charge in [-0.3, -0.25) is 4.79 Å². The molecule has 4 heteroatoms. The first-order valence-electron chi connectivity index (χ1n) is 7.20. The van der Waals surface area contributed by atoms with Gasteiger partial charge >= 0.3 is 0 Å². The minimum absolute atomic E-state index is 0.134. The summed E-state index contributed by atoms with van der Waals surface area (Å²) in [5.41, 5.74) is 0.166. The second-order valence-corrected chi connectivity index (χ2v) is 5.48. The second kappa shape index (κ2) is 7.27. The van der Waals surface area contributed by atoms with Crippen molar-refractivity contribution in [1.82, 2.24) is 4.90 Å². The van der Waals surface area contributed by atoms with Crippen LogP contribution in [0.5, 0.6) is 5.75 Å². The normalized spacial score (nSPS) is 11.2. The van der Waals surface area contributed by atoms with Crippen molar-refractivity contribution in [3.63, 3.8) is 0 Å². The average Bonchev–Trinajstić information content (AvgIpc) is 2.37. The van der Waals surface area contributed by atoms with E-state index in [0.29, 0.717) is 12.5 Å². The zero-order chi connectivity index (χ0) is 15.3. The summed E-state index contributed by atoms with van der Waals surface area (Å²) >= 11 is 0. The van der Waals surface area contributed by atoms with E-state index in [2.05, 4.69) is 0 Å². The largest absolute Gasteiger partial charge is 0.507 e. The van der Waals surface area contributed by atoms with Crippen LogP contribution in [-0.2, 0) is 0 Å². The molecule has 1 aromatic carbocycles. The third-order valence-corrected chi connectivity index (χ3v) is 3.40. The zero-order valence-corrected chi connectivity index (χ0v) is 12.7. The van der Waals surface area contributed by atoms with Crippen LogP contribution < -0.4 is 0 Å². The number of hydrogen-bond acceptors (Lipinski definition) is 2.